The van der Waals surface area contributed by atoms with Gasteiger partial charge in [-0.2, -0.15) is 0 Å². The van der Waals surface area contributed by atoms with Gasteiger partial charge in [0.05, 0.1) is 10.7 Å². The number of halogens is 2. The molecule has 0 radical (unpaired) electrons. The predicted molar refractivity (Wildman–Crippen MR) is 55.4 cm³/mol. The lowest BCUT2D eigenvalue weighted by molar-refractivity contribution is 0.0691. The summed E-state index contributed by atoms with van der Waals surface area (Å²) < 4.78 is 0. The predicted octanol–water partition coefficient (Wildman–Crippen LogP) is 2.52. The Bertz CT molecular complexity index is 369. The molecule has 0 aliphatic carbocycles. The summed E-state index contributed by atoms with van der Waals surface area (Å²) >= 11 is 11.4. The molecule has 0 unspecified atom stereocenters. The van der Waals surface area contributed by atoms with Crippen LogP contribution in [0.5, 0.6) is 0 Å². The van der Waals surface area contributed by atoms with Gasteiger partial charge in [-0.25, -0.2) is 9.78 Å². The molecule has 0 fully saturated rings. The van der Waals surface area contributed by atoms with Crippen molar-refractivity contribution in [2.24, 2.45) is 0 Å². The number of pyridine rings is 1. The van der Waals surface area contributed by atoms with Gasteiger partial charge in [-0.3, -0.25) is 0 Å². The standard InChI is InChI=1S/C8H8Cl2N2O2/c1-2-11-4-3-5(9)12-7(6(4)10)8(13)14/h3H,2H2,1H3,(H,11,12)(H,13,14). The van der Waals surface area contributed by atoms with Crippen molar-refractivity contribution in [1.29, 1.82) is 0 Å². The molecule has 0 amide bonds. The first-order valence-corrected chi connectivity index (χ1v) is 4.65. The van der Waals surface area contributed by atoms with E-state index in [0.717, 1.165) is 0 Å². The van der Waals surface area contributed by atoms with Gasteiger partial charge in [0.15, 0.2) is 5.69 Å². The maximum absolute atomic E-state index is 10.7. The van der Waals surface area contributed by atoms with Crippen molar-refractivity contribution < 1.29 is 9.90 Å². The minimum Gasteiger partial charge on any atom is -0.476 e. The van der Waals surface area contributed by atoms with Crippen LogP contribution in [0.3, 0.4) is 0 Å². The fourth-order valence-electron chi connectivity index (χ4n) is 0.959. The molecule has 0 aliphatic rings. The molecule has 0 saturated heterocycles. The minimum atomic E-state index is -1.20. The van der Waals surface area contributed by atoms with Crippen LogP contribution >= 0.6 is 23.2 Å². The second kappa shape index (κ2) is 4.48. The SMILES string of the molecule is CCNc1cc(Cl)nc(C(=O)O)c1Cl. The summed E-state index contributed by atoms with van der Waals surface area (Å²) in [4.78, 5) is 14.3. The van der Waals surface area contributed by atoms with Crippen LogP contribution in [0.4, 0.5) is 5.69 Å². The van der Waals surface area contributed by atoms with E-state index in [1.54, 1.807) is 0 Å². The molecule has 0 atom stereocenters. The number of carboxylic acids is 1. The fraction of sp³-hybridized carbons (Fsp3) is 0.250. The van der Waals surface area contributed by atoms with Gasteiger partial charge in [-0.1, -0.05) is 23.2 Å². The Morgan fingerprint density at radius 1 is 1.64 bits per heavy atom. The highest BCUT2D eigenvalue weighted by Gasteiger charge is 2.15. The van der Waals surface area contributed by atoms with Gasteiger partial charge in [0.2, 0.25) is 0 Å². The molecule has 0 aromatic carbocycles. The van der Waals surface area contributed by atoms with Crippen LogP contribution in [0, 0.1) is 0 Å². The van der Waals surface area contributed by atoms with Crippen LogP contribution in [0.25, 0.3) is 0 Å². The lowest BCUT2D eigenvalue weighted by atomic mass is 10.3. The van der Waals surface area contributed by atoms with Crippen LogP contribution < -0.4 is 5.32 Å². The molecular weight excluding hydrogens is 227 g/mol. The average molecular weight is 235 g/mol. The van der Waals surface area contributed by atoms with E-state index in [0.29, 0.717) is 12.2 Å². The molecule has 2 N–H and O–H groups in total. The first kappa shape index (κ1) is 11.1. The monoisotopic (exact) mass is 234 g/mol. The van der Waals surface area contributed by atoms with E-state index in [4.69, 9.17) is 28.3 Å². The van der Waals surface area contributed by atoms with Crippen LogP contribution in [0.2, 0.25) is 10.2 Å². The van der Waals surface area contributed by atoms with Gasteiger partial charge >= 0.3 is 5.97 Å². The van der Waals surface area contributed by atoms with Gasteiger partial charge in [0.1, 0.15) is 5.15 Å². The van der Waals surface area contributed by atoms with Crippen molar-refractivity contribution in [3.63, 3.8) is 0 Å². The molecule has 1 aromatic heterocycles. The second-order valence-electron chi connectivity index (χ2n) is 2.49. The summed E-state index contributed by atoms with van der Waals surface area (Å²) in [5.41, 5.74) is 0.238. The van der Waals surface area contributed by atoms with E-state index in [2.05, 4.69) is 10.3 Å². The molecule has 6 heteroatoms. The third-order valence-electron chi connectivity index (χ3n) is 1.50. The Labute approximate surface area is 90.9 Å². The van der Waals surface area contributed by atoms with Crippen LogP contribution in [-0.4, -0.2) is 22.6 Å². The highest BCUT2D eigenvalue weighted by Crippen LogP contribution is 2.27. The first-order chi connectivity index (χ1) is 6.56. The largest absolute Gasteiger partial charge is 0.476 e. The van der Waals surface area contributed by atoms with Crippen molar-refractivity contribution in [1.82, 2.24) is 4.98 Å². The van der Waals surface area contributed by atoms with E-state index in [9.17, 15) is 4.79 Å². The maximum atomic E-state index is 10.7. The molecule has 1 heterocycles. The van der Waals surface area contributed by atoms with E-state index in [1.807, 2.05) is 6.92 Å². The minimum absolute atomic E-state index is 0.0729. The van der Waals surface area contributed by atoms with Crippen LogP contribution in [-0.2, 0) is 0 Å². The highest BCUT2D eigenvalue weighted by atomic mass is 35.5. The second-order valence-corrected chi connectivity index (χ2v) is 3.26. The van der Waals surface area contributed by atoms with Crippen LogP contribution in [0.15, 0.2) is 6.07 Å². The zero-order valence-electron chi connectivity index (χ0n) is 7.34. The number of carboxylic acid groups (broad SMARTS) is 1. The zero-order chi connectivity index (χ0) is 10.7. The molecule has 1 aromatic rings. The molecule has 14 heavy (non-hydrogen) atoms. The average Bonchev–Trinajstić information content (AvgIpc) is 2.10. The van der Waals surface area contributed by atoms with Crippen molar-refractivity contribution in [3.05, 3.63) is 21.9 Å². The normalized spacial score (nSPS) is 9.93. The summed E-state index contributed by atoms with van der Waals surface area (Å²) in [6.07, 6.45) is 0. The van der Waals surface area contributed by atoms with E-state index < -0.39 is 5.97 Å². The molecular formula is C8H8Cl2N2O2. The van der Waals surface area contributed by atoms with E-state index in [-0.39, 0.29) is 15.9 Å². The number of aromatic nitrogens is 1. The lowest BCUT2D eigenvalue weighted by Gasteiger charge is -2.07. The fourth-order valence-corrected chi connectivity index (χ4v) is 1.40. The van der Waals surface area contributed by atoms with Gasteiger partial charge in [0, 0.05) is 12.6 Å². The first-order valence-electron chi connectivity index (χ1n) is 3.89. The van der Waals surface area contributed by atoms with Crippen molar-refractivity contribution >= 4 is 34.9 Å². The summed E-state index contributed by atoms with van der Waals surface area (Å²) in [5, 5.41) is 11.8. The molecule has 0 aliphatic heterocycles. The summed E-state index contributed by atoms with van der Waals surface area (Å²) in [6.45, 7) is 2.49. The lowest BCUT2D eigenvalue weighted by Crippen LogP contribution is -2.06. The van der Waals surface area contributed by atoms with Gasteiger partial charge in [-0.15, -0.1) is 0 Å². The molecule has 4 nitrogen and oxygen atoms in total. The quantitative estimate of drug-likeness (QED) is 0.790. The van der Waals surface area contributed by atoms with Crippen molar-refractivity contribution in [2.75, 3.05) is 11.9 Å². The third kappa shape index (κ3) is 2.27. The van der Waals surface area contributed by atoms with Gasteiger partial charge < -0.3 is 10.4 Å². The Hall–Kier alpha value is -1.00. The van der Waals surface area contributed by atoms with E-state index in [1.165, 1.54) is 6.07 Å². The Kier molecular flexibility index (Phi) is 3.55. The number of nitrogens with zero attached hydrogens (tertiary/aromatic N) is 1. The third-order valence-corrected chi connectivity index (χ3v) is 2.07. The molecule has 76 valence electrons. The number of rotatable bonds is 3. The molecule has 0 spiro atoms. The van der Waals surface area contributed by atoms with Gasteiger partial charge in [0.25, 0.3) is 0 Å². The Morgan fingerprint density at radius 2 is 2.29 bits per heavy atom. The zero-order valence-corrected chi connectivity index (χ0v) is 8.85. The van der Waals surface area contributed by atoms with E-state index >= 15 is 0 Å². The topological polar surface area (TPSA) is 62.2 Å². The number of anilines is 1. The van der Waals surface area contributed by atoms with Crippen molar-refractivity contribution in [3.8, 4) is 0 Å². The summed E-state index contributed by atoms with van der Waals surface area (Å²) in [6, 6.07) is 1.49. The smallest absolute Gasteiger partial charge is 0.356 e. The van der Waals surface area contributed by atoms with Gasteiger partial charge in [-0.05, 0) is 6.92 Å². The number of aromatic carboxylic acids is 1. The Morgan fingerprint density at radius 3 is 2.79 bits per heavy atom. The maximum Gasteiger partial charge on any atom is 0.356 e. The summed E-state index contributed by atoms with van der Waals surface area (Å²) in [5.74, 6) is -1.20. The molecule has 1 rings (SSSR count). The molecule has 0 bridgehead atoms. The number of carbonyl (C=O) groups is 1. The molecule has 0 saturated carbocycles. The Balaban J connectivity index is 3.24. The number of hydrogen-bond donors (Lipinski definition) is 2. The van der Waals surface area contributed by atoms with Crippen LogP contribution in [0.1, 0.15) is 17.4 Å². The summed E-state index contributed by atoms with van der Waals surface area (Å²) in [7, 11) is 0. The van der Waals surface area contributed by atoms with Crippen molar-refractivity contribution in [2.45, 2.75) is 6.92 Å². The number of hydrogen-bond acceptors (Lipinski definition) is 3. The number of nitrogens with one attached hydrogen (secondary N) is 1. The highest BCUT2D eigenvalue weighted by molar-refractivity contribution is 6.37.